The monoisotopic (exact) mass is 245 g/mol. The largest absolute Gasteiger partial charge is 0.385 e. The van der Waals surface area contributed by atoms with Crippen LogP contribution in [0.5, 0.6) is 0 Å². The average Bonchev–Trinajstić information content (AvgIpc) is 2.42. The molecule has 1 N–H and O–H groups in total. The van der Waals surface area contributed by atoms with Crippen molar-refractivity contribution in [1.82, 2.24) is 15.3 Å². The zero-order valence-corrected chi connectivity index (χ0v) is 10.9. The molecule has 0 aliphatic rings. The molecule has 0 amide bonds. The predicted molar refractivity (Wildman–Crippen MR) is 72.3 cm³/mol. The van der Waals surface area contributed by atoms with E-state index in [4.69, 9.17) is 4.74 Å². The highest BCUT2D eigenvalue weighted by Crippen LogP contribution is 2.08. The second kappa shape index (κ2) is 6.42. The molecule has 1 unspecified atom stereocenters. The number of rotatable bonds is 6. The number of fused-ring (bicyclic) bond motifs is 1. The minimum Gasteiger partial charge on any atom is -0.385 e. The van der Waals surface area contributed by atoms with Gasteiger partial charge in [-0.15, -0.1) is 0 Å². The van der Waals surface area contributed by atoms with Crippen molar-refractivity contribution in [3.05, 3.63) is 36.2 Å². The van der Waals surface area contributed by atoms with Crippen molar-refractivity contribution in [2.45, 2.75) is 25.9 Å². The molecule has 0 radical (unpaired) electrons. The van der Waals surface area contributed by atoms with Gasteiger partial charge in [0.15, 0.2) is 0 Å². The van der Waals surface area contributed by atoms with E-state index < -0.39 is 0 Å². The van der Waals surface area contributed by atoms with Crippen LogP contribution in [-0.4, -0.2) is 29.7 Å². The van der Waals surface area contributed by atoms with Gasteiger partial charge >= 0.3 is 0 Å². The Morgan fingerprint density at radius 3 is 2.83 bits per heavy atom. The number of nitrogens with one attached hydrogen (secondary N) is 1. The fraction of sp³-hybridized carbons (Fsp3) is 0.429. The van der Waals surface area contributed by atoms with Crippen LogP contribution in [0.15, 0.2) is 30.5 Å². The third-order valence-corrected chi connectivity index (χ3v) is 2.89. The van der Waals surface area contributed by atoms with Crippen LogP contribution in [0.1, 0.15) is 19.0 Å². The van der Waals surface area contributed by atoms with Crippen molar-refractivity contribution in [2.24, 2.45) is 0 Å². The van der Waals surface area contributed by atoms with Gasteiger partial charge in [-0.05, 0) is 25.5 Å². The van der Waals surface area contributed by atoms with Crippen LogP contribution in [0.2, 0.25) is 0 Å². The lowest BCUT2D eigenvalue weighted by Crippen LogP contribution is -2.27. The molecule has 2 aromatic rings. The molecule has 96 valence electrons. The van der Waals surface area contributed by atoms with Gasteiger partial charge in [-0.3, -0.25) is 4.98 Å². The second-order valence-corrected chi connectivity index (χ2v) is 4.41. The van der Waals surface area contributed by atoms with Crippen LogP contribution in [-0.2, 0) is 11.3 Å². The normalized spacial score (nSPS) is 12.8. The van der Waals surface area contributed by atoms with E-state index in [1.807, 2.05) is 30.5 Å². The quantitative estimate of drug-likeness (QED) is 0.847. The Morgan fingerprint density at radius 1 is 1.28 bits per heavy atom. The molecule has 18 heavy (non-hydrogen) atoms. The van der Waals surface area contributed by atoms with Gasteiger partial charge in [-0.1, -0.05) is 12.1 Å². The Morgan fingerprint density at radius 2 is 2.06 bits per heavy atom. The summed E-state index contributed by atoms with van der Waals surface area (Å²) in [6.45, 7) is 3.66. The van der Waals surface area contributed by atoms with Crippen LogP contribution in [0.4, 0.5) is 0 Å². The summed E-state index contributed by atoms with van der Waals surface area (Å²) >= 11 is 0. The summed E-state index contributed by atoms with van der Waals surface area (Å²) in [6.07, 6.45) is 2.83. The highest BCUT2D eigenvalue weighted by molar-refractivity contribution is 5.73. The lowest BCUT2D eigenvalue weighted by Gasteiger charge is -2.12. The Hall–Kier alpha value is -1.52. The molecule has 0 saturated carbocycles. The van der Waals surface area contributed by atoms with Crippen molar-refractivity contribution in [3.63, 3.8) is 0 Å². The average molecular weight is 245 g/mol. The van der Waals surface area contributed by atoms with Crippen LogP contribution < -0.4 is 5.32 Å². The van der Waals surface area contributed by atoms with Crippen LogP contribution in [0.25, 0.3) is 11.0 Å². The molecule has 2 rings (SSSR count). The van der Waals surface area contributed by atoms with Crippen LogP contribution in [0, 0.1) is 0 Å². The van der Waals surface area contributed by atoms with Crippen molar-refractivity contribution in [2.75, 3.05) is 13.7 Å². The third-order valence-electron chi connectivity index (χ3n) is 2.89. The van der Waals surface area contributed by atoms with E-state index in [2.05, 4.69) is 22.2 Å². The molecule has 0 aliphatic carbocycles. The molecular formula is C14H19N3O. The number of hydrogen-bond acceptors (Lipinski definition) is 4. The minimum atomic E-state index is 0.415. The second-order valence-electron chi connectivity index (χ2n) is 4.41. The molecule has 0 spiro atoms. The Balaban J connectivity index is 1.95. The number of aromatic nitrogens is 2. The zero-order chi connectivity index (χ0) is 12.8. The van der Waals surface area contributed by atoms with Gasteiger partial charge < -0.3 is 10.1 Å². The number of methoxy groups -OCH3 is 1. The molecule has 4 nitrogen and oxygen atoms in total. The van der Waals surface area contributed by atoms with Gasteiger partial charge in [-0.25, -0.2) is 4.98 Å². The van der Waals surface area contributed by atoms with E-state index in [1.54, 1.807) is 7.11 Å². The summed E-state index contributed by atoms with van der Waals surface area (Å²) in [5, 5.41) is 3.42. The van der Waals surface area contributed by atoms with E-state index >= 15 is 0 Å². The van der Waals surface area contributed by atoms with Gasteiger partial charge in [0, 0.05) is 26.3 Å². The first-order valence-electron chi connectivity index (χ1n) is 6.22. The SMILES string of the molecule is COCCC(C)NCc1cnc2ccccc2n1. The summed E-state index contributed by atoms with van der Waals surface area (Å²) in [5.41, 5.74) is 2.85. The number of benzene rings is 1. The summed E-state index contributed by atoms with van der Waals surface area (Å²) in [5.74, 6) is 0. The Kier molecular flexibility index (Phi) is 4.61. The van der Waals surface area contributed by atoms with Gasteiger partial charge in [0.25, 0.3) is 0 Å². The van der Waals surface area contributed by atoms with Gasteiger partial charge in [-0.2, -0.15) is 0 Å². The number of nitrogens with zero attached hydrogens (tertiary/aromatic N) is 2. The molecule has 1 heterocycles. The van der Waals surface area contributed by atoms with E-state index in [0.29, 0.717) is 6.04 Å². The van der Waals surface area contributed by atoms with Gasteiger partial charge in [0.2, 0.25) is 0 Å². The van der Waals surface area contributed by atoms with E-state index in [1.165, 1.54) is 0 Å². The third kappa shape index (κ3) is 3.48. The van der Waals surface area contributed by atoms with E-state index in [0.717, 1.165) is 36.3 Å². The number of para-hydroxylation sites is 2. The van der Waals surface area contributed by atoms with Crippen LogP contribution >= 0.6 is 0 Å². The Labute approximate surface area is 107 Å². The van der Waals surface area contributed by atoms with Gasteiger partial charge in [0.1, 0.15) is 0 Å². The lowest BCUT2D eigenvalue weighted by molar-refractivity contribution is 0.184. The standard InChI is InChI=1S/C14H19N3O/c1-11(7-8-18-2)15-9-12-10-16-13-5-3-4-6-14(13)17-12/h3-6,10-11,15H,7-9H2,1-2H3. The molecule has 1 aromatic carbocycles. The number of ether oxygens (including phenoxy) is 1. The highest BCUT2D eigenvalue weighted by atomic mass is 16.5. The molecule has 1 atom stereocenters. The van der Waals surface area contributed by atoms with E-state index in [-0.39, 0.29) is 0 Å². The highest BCUT2D eigenvalue weighted by Gasteiger charge is 2.03. The van der Waals surface area contributed by atoms with Crippen molar-refractivity contribution >= 4 is 11.0 Å². The lowest BCUT2D eigenvalue weighted by atomic mass is 10.2. The Bertz CT molecular complexity index is 501. The topological polar surface area (TPSA) is 47.0 Å². The fourth-order valence-electron chi connectivity index (χ4n) is 1.76. The smallest absolute Gasteiger partial charge is 0.0890 e. The first-order valence-corrected chi connectivity index (χ1v) is 6.22. The summed E-state index contributed by atoms with van der Waals surface area (Å²) < 4.78 is 5.05. The van der Waals surface area contributed by atoms with Crippen LogP contribution in [0.3, 0.4) is 0 Å². The maximum absolute atomic E-state index is 5.05. The van der Waals surface area contributed by atoms with Crippen molar-refractivity contribution < 1.29 is 4.74 Å². The molecular weight excluding hydrogens is 226 g/mol. The summed E-state index contributed by atoms with van der Waals surface area (Å²) in [6, 6.07) is 8.33. The molecule has 0 fully saturated rings. The first kappa shape index (κ1) is 12.9. The molecule has 0 saturated heterocycles. The summed E-state index contributed by atoms with van der Waals surface area (Å²) in [7, 11) is 1.72. The minimum absolute atomic E-state index is 0.415. The zero-order valence-electron chi connectivity index (χ0n) is 10.9. The van der Waals surface area contributed by atoms with Gasteiger partial charge in [0.05, 0.1) is 22.9 Å². The van der Waals surface area contributed by atoms with E-state index in [9.17, 15) is 0 Å². The summed E-state index contributed by atoms with van der Waals surface area (Å²) in [4.78, 5) is 8.97. The maximum Gasteiger partial charge on any atom is 0.0890 e. The predicted octanol–water partition coefficient (Wildman–Crippen LogP) is 2.14. The first-order chi connectivity index (χ1) is 8.79. The molecule has 0 bridgehead atoms. The fourth-order valence-corrected chi connectivity index (χ4v) is 1.76. The van der Waals surface area contributed by atoms with Crippen molar-refractivity contribution in [3.8, 4) is 0 Å². The maximum atomic E-state index is 5.05. The number of hydrogen-bond donors (Lipinski definition) is 1. The molecule has 0 aliphatic heterocycles. The van der Waals surface area contributed by atoms with Crippen molar-refractivity contribution in [1.29, 1.82) is 0 Å². The molecule has 4 heteroatoms. The molecule has 1 aromatic heterocycles.